The van der Waals surface area contributed by atoms with Gasteiger partial charge in [0.1, 0.15) is 12.4 Å². The molecule has 0 amide bonds. The number of thiophene rings is 1. The molecular weight excluding hydrogens is 328 g/mol. The van der Waals surface area contributed by atoms with Crippen LogP contribution >= 0.6 is 11.3 Å². The number of aldehydes is 1. The van der Waals surface area contributed by atoms with Crippen molar-refractivity contribution in [1.82, 2.24) is 0 Å². The van der Waals surface area contributed by atoms with Crippen molar-refractivity contribution >= 4 is 17.6 Å². The van der Waals surface area contributed by atoms with Gasteiger partial charge in [0.2, 0.25) is 0 Å². The van der Waals surface area contributed by atoms with Crippen LogP contribution in [0.25, 0.3) is 0 Å². The Hall–Kier alpha value is -1.61. The van der Waals surface area contributed by atoms with Gasteiger partial charge in [0.25, 0.3) is 0 Å². The molecule has 1 aliphatic carbocycles. The molecule has 0 fully saturated rings. The summed E-state index contributed by atoms with van der Waals surface area (Å²) in [5.41, 5.74) is 4.38. The lowest BCUT2D eigenvalue weighted by molar-refractivity contribution is 0.112. The highest BCUT2D eigenvalue weighted by atomic mass is 32.1. The van der Waals surface area contributed by atoms with Crippen LogP contribution < -0.4 is 4.74 Å². The van der Waals surface area contributed by atoms with Crippen molar-refractivity contribution in [3.8, 4) is 5.75 Å². The molecule has 4 rings (SSSR count). The predicted molar refractivity (Wildman–Crippen MR) is 103 cm³/mol. The first kappa shape index (κ1) is 16.8. The molecule has 1 unspecified atom stereocenters. The number of hydrogen-bond donors (Lipinski definition) is 0. The van der Waals surface area contributed by atoms with E-state index < -0.39 is 0 Å². The van der Waals surface area contributed by atoms with Crippen LogP contribution in [0.5, 0.6) is 5.75 Å². The first-order valence-corrected chi connectivity index (χ1v) is 9.87. The van der Waals surface area contributed by atoms with E-state index in [1.54, 1.807) is 11.3 Å². The van der Waals surface area contributed by atoms with Crippen LogP contribution in [0.2, 0.25) is 0 Å². The first-order valence-electron chi connectivity index (χ1n) is 9.05. The summed E-state index contributed by atoms with van der Waals surface area (Å²) in [5, 5.41) is 0. The van der Waals surface area contributed by atoms with Crippen molar-refractivity contribution in [3.63, 3.8) is 0 Å². The van der Waals surface area contributed by atoms with E-state index in [0.29, 0.717) is 6.61 Å². The van der Waals surface area contributed by atoms with Gasteiger partial charge in [-0.15, -0.1) is 11.3 Å². The van der Waals surface area contributed by atoms with E-state index in [1.807, 2.05) is 6.07 Å². The number of rotatable bonds is 2. The average Bonchev–Trinajstić information content (AvgIpc) is 3.17. The summed E-state index contributed by atoms with van der Waals surface area (Å²) in [6.45, 7) is 12.3. The number of carbonyl (C=O) groups excluding carboxylic acids is 1. The summed E-state index contributed by atoms with van der Waals surface area (Å²) in [7, 11) is 0. The highest BCUT2D eigenvalue weighted by Gasteiger charge is 2.44. The van der Waals surface area contributed by atoms with E-state index in [4.69, 9.17) is 4.74 Å². The second-order valence-electron chi connectivity index (χ2n) is 9.10. The fourth-order valence-electron chi connectivity index (χ4n) is 4.36. The molecule has 132 valence electrons. The van der Waals surface area contributed by atoms with E-state index in [2.05, 4.69) is 52.8 Å². The van der Waals surface area contributed by atoms with E-state index >= 15 is 0 Å². The minimum Gasteiger partial charge on any atom is -0.492 e. The summed E-state index contributed by atoms with van der Waals surface area (Å²) in [4.78, 5) is 13.1. The van der Waals surface area contributed by atoms with E-state index in [-0.39, 0.29) is 16.2 Å². The van der Waals surface area contributed by atoms with Crippen LogP contribution in [0.15, 0.2) is 24.3 Å². The van der Waals surface area contributed by atoms with Gasteiger partial charge in [-0.3, -0.25) is 4.79 Å². The lowest BCUT2D eigenvalue weighted by Crippen LogP contribution is -2.34. The van der Waals surface area contributed by atoms with Crippen LogP contribution in [-0.4, -0.2) is 12.9 Å². The lowest BCUT2D eigenvalue weighted by Gasteiger charge is -2.42. The molecule has 25 heavy (non-hydrogen) atoms. The van der Waals surface area contributed by atoms with E-state index in [1.165, 1.54) is 34.4 Å². The third kappa shape index (κ3) is 2.39. The Morgan fingerprint density at radius 3 is 2.20 bits per heavy atom. The molecule has 1 aliphatic heterocycles. The first-order chi connectivity index (χ1) is 11.7. The van der Waals surface area contributed by atoms with Gasteiger partial charge in [-0.25, -0.2) is 0 Å². The molecular formula is C22H26O2S. The maximum atomic E-state index is 11.1. The molecule has 0 spiro atoms. The zero-order valence-corrected chi connectivity index (χ0v) is 16.5. The Kier molecular flexibility index (Phi) is 3.50. The van der Waals surface area contributed by atoms with Gasteiger partial charge >= 0.3 is 0 Å². The largest absolute Gasteiger partial charge is 0.492 e. The standard InChI is InChI=1S/C22H26O2S/c1-20(2)8-9-21(3,4)16-11-18-17(10-15(16)20)22(5,13-24-18)19-7-6-14(12-23)25-19/h6-7,10-12H,8-9,13H2,1-5H3. The Labute approximate surface area is 154 Å². The quantitative estimate of drug-likeness (QED) is 0.655. The number of ether oxygens (including phenoxy) is 1. The summed E-state index contributed by atoms with van der Waals surface area (Å²) in [6.07, 6.45) is 3.35. The highest BCUT2D eigenvalue weighted by molar-refractivity contribution is 7.13. The van der Waals surface area contributed by atoms with Crippen molar-refractivity contribution in [2.45, 2.75) is 63.7 Å². The maximum absolute atomic E-state index is 11.1. The molecule has 0 N–H and O–H groups in total. The van der Waals surface area contributed by atoms with Crippen molar-refractivity contribution in [1.29, 1.82) is 0 Å². The molecule has 0 bridgehead atoms. The van der Waals surface area contributed by atoms with Crippen LogP contribution in [0, 0.1) is 0 Å². The molecule has 2 heterocycles. The molecule has 3 heteroatoms. The number of fused-ring (bicyclic) bond motifs is 2. The molecule has 0 radical (unpaired) electrons. The van der Waals surface area contributed by atoms with Gasteiger partial charge in [0, 0.05) is 10.4 Å². The van der Waals surface area contributed by atoms with Gasteiger partial charge in [0.05, 0.1) is 10.3 Å². The van der Waals surface area contributed by atoms with Crippen molar-refractivity contribution in [3.05, 3.63) is 50.7 Å². The number of benzene rings is 1. The van der Waals surface area contributed by atoms with Gasteiger partial charge in [-0.2, -0.15) is 0 Å². The maximum Gasteiger partial charge on any atom is 0.160 e. The van der Waals surface area contributed by atoms with Crippen molar-refractivity contribution in [2.75, 3.05) is 6.61 Å². The van der Waals surface area contributed by atoms with Gasteiger partial charge in [0.15, 0.2) is 6.29 Å². The van der Waals surface area contributed by atoms with Gasteiger partial charge < -0.3 is 4.74 Å². The van der Waals surface area contributed by atoms with E-state index in [0.717, 1.165) is 16.9 Å². The smallest absolute Gasteiger partial charge is 0.160 e. The molecule has 0 saturated carbocycles. The Balaban J connectivity index is 1.90. The molecule has 1 atom stereocenters. The monoisotopic (exact) mass is 354 g/mol. The third-order valence-corrected chi connectivity index (χ3v) is 7.63. The van der Waals surface area contributed by atoms with Crippen LogP contribution in [0.1, 0.15) is 78.7 Å². The molecule has 1 aromatic carbocycles. The fraction of sp³-hybridized carbons (Fsp3) is 0.500. The Bertz CT molecular complexity index is 859. The fourth-order valence-corrected chi connectivity index (χ4v) is 5.33. The summed E-state index contributed by atoms with van der Waals surface area (Å²) in [5.74, 6) is 1.02. The summed E-state index contributed by atoms with van der Waals surface area (Å²) < 4.78 is 6.16. The Morgan fingerprint density at radius 2 is 1.60 bits per heavy atom. The summed E-state index contributed by atoms with van der Waals surface area (Å²) >= 11 is 1.58. The lowest BCUT2D eigenvalue weighted by atomic mass is 9.62. The Morgan fingerprint density at radius 1 is 0.960 bits per heavy atom. The number of hydrogen-bond acceptors (Lipinski definition) is 3. The topological polar surface area (TPSA) is 26.3 Å². The summed E-state index contributed by atoms with van der Waals surface area (Å²) in [6, 6.07) is 8.70. The normalized spacial score (nSPS) is 25.8. The third-order valence-electron chi connectivity index (χ3n) is 6.35. The SMILES string of the molecule is CC1(C)CCC(C)(C)c2cc3c(cc21)OCC3(C)c1ccc(C=O)s1. The molecule has 1 aromatic heterocycles. The van der Waals surface area contributed by atoms with Crippen LogP contribution in [0.3, 0.4) is 0 Å². The number of carbonyl (C=O) groups is 1. The van der Waals surface area contributed by atoms with Gasteiger partial charge in [-0.05, 0) is 59.9 Å². The molecule has 2 aromatic rings. The van der Waals surface area contributed by atoms with Crippen molar-refractivity contribution < 1.29 is 9.53 Å². The minimum atomic E-state index is -0.173. The highest BCUT2D eigenvalue weighted by Crippen LogP contribution is 2.52. The molecule has 2 aliphatic rings. The van der Waals surface area contributed by atoms with Crippen LogP contribution in [-0.2, 0) is 16.2 Å². The second-order valence-corrected chi connectivity index (χ2v) is 10.2. The van der Waals surface area contributed by atoms with E-state index in [9.17, 15) is 4.79 Å². The molecule has 0 saturated heterocycles. The minimum absolute atomic E-state index is 0.173. The second kappa shape index (κ2) is 5.20. The van der Waals surface area contributed by atoms with Gasteiger partial charge in [-0.1, -0.05) is 33.8 Å². The average molecular weight is 355 g/mol. The predicted octanol–water partition coefficient (Wildman–Crippen LogP) is 5.61. The zero-order valence-electron chi connectivity index (χ0n) is 15.7. The molecule has 2 nitrogen and oxygen atoms in total. The van der Waals surface area contributed by atoms with Crippen LogP contribution in [0.4, 0.5) is 0 Å². The van der Waals surface area contributed by atoms with Crippen molar-refractivity contribution in [2.24, 2.45) is 0 Å². The zero-order chi connectivity index (χ0) is 18.0.